The van der Waals surface area contributed by atoms with Crippen LogP contribution in [0.1, 0.15) is 30.6 Å². The van der Waals surface area contributed by atoms with Gasteiger partial charge in [-0.15, -0.1) is 0 Å². The van der Waals surface area contributed by atoms with Gasteiger partial charge >= 0.3 is 0 Å². The van der Waals surface area contributed by atoms with E-state index >= 15 is 0 Å². The zero-order valence-corrected chi connectivity index (χ0v) is 16.1. The molecule has 29 heavy (non-hydrogen) atoms. The third-order valence-corrected chi connectivity index (χ3v) is 5.11. The minimum Gasteiger partial charge on any atom is -0.369 e. The van der Waals surface area contributed by atoms with Crippen LogP contribution in [-0.2, 0) is 0 Å². The number of hydrogen-bond acceptors (Lipinski definition) is 3. The van der Waals surface area contributed by atoms with Gasteiger partial charge in [0, 0.05) is 30.3 Å². The quantitative estimate of drug-likeness (QED) is 0.504. The van der Waals surface area contributed by atoms with E-state index in [4.69, 9.17) is 10.3 Å². The van der Waals surface area contributed by atoms with Gasteiger partial charge < -0.3 is 15.2 Å². The van der Waals surface area contributed by atoms with Crippen LogP contribution < -0.4 is 5.73 Å². The van der Waals surface area contributed by atoms with Gasteiger partial charge in [-0.05, 0) is 36.5 Å². The van der Waals surface area contributed by atoms with Crippen molar-refractivity contribution < 1.29 is 8.91 Å². The molecule has 4 rings (SSSR count). The van der Waals surface area contributed by atoms with Crippen LogP contribution >= 0.6 is 0 Å². The first kappa shape index (κ1) is 18.9. The summed E-state index contributed by atoms with van der Waals surface area (Å²) < 4.78 is 20.0. The third-order valence-electron chi connectivity index (χ3n) is 5.11. The standard InChI is InChI=1S/C23H23FN4O/c1-16(18-10-11-19(20(24)14-18)17-8-4-2-5-9-17)21-15-22(27-29-21)26-23(25)28-12-6-3-7-13-28/h2,4-5,8-11,14-15H,1,3,6-7,12-13H2,(H2,25,26,27). The predicted molar refractivity (Wildman–Crippen MR) is 113 cm³/mol. The Balaban J connectivity index is 1.52. The van der Waals surface area contributed by atoms with E-state index in [0.717, 1.165) is 31.5 Å². The number of hydrogen-bond donors (Lipinski definition) is 1. The van der Waals surface area contributed by atoms with Gasteiger partial charge in [-0.1, -0.05) is 54.2 Å². The van der Waals surface area contributed by atoms with Crippen molar-refractivity contribution in [3.8, 4) is 11.1 Å². The van der Waals surface area contributed by atoms with Crippen LogP contribution in [0.15, 0.2) is 70.7 Å². The summed E-state index contributed by atoms with van der Waals surface area (Å²) >= 11 is 0. The van der Waals surface area contributed by atoms with Gasteiger partial charge in [-0.2, -0.15) is 4.99 Å². The highest BCUT2D eigenvalue weighted by Crippen LogP contribution is 2.29. The van der Waals surface area contributed by atoms with Crippen LogP contribution in [0.4, 0.5) is 10.2 Å². The van der Waals surface area contributed by atoms with E-state index < -0.39 is 0 Å². The van der Waals surface area contributed by atoms with E-state index in [-0.39, 0.29) is 5.82 Å². The van der Waals surface area contributed by atoms with Gasteiger partial charge in [0.15, 0.2) is 17.5 Å². The maximum Gasteiger partial charge on any atom is 0.199 e. The second-order valence-electron chi connectivity index (χ2n) is 7.11. The Labute approximate surface area is 169 Å². The van der Waals surface area contributed by atoms with Crippen molar-refractivity contribution in [2.24, 2.45) is 10.7 Å². The Kier molecular flexibility index (Phi) is 5.42. The zero-order valence-electron chi connectivity index (χ0n) is 16.1. The molecule has 1 aromatic heterocycles. The molecular weight excluding hydrogens is 367 g/mol. The maximum atomic E-state index is 14.7. The number of halogens is 1. The summed E-state index contributed by atoms with van der Waals surface area (Å²) in [5, 5.41) is 3.96. The molecule has 148 valence electrons. The minimum atomic E-state index is -0.318. The van der Waals surface area contributed by atoms with Crippen molar-refractivity contribution >= 4 is 17.4 Å². The molecule has 1 saturated heterocycles. The fourth-order valence-electron chi connectivity index (χ4n) is 3.47. The number of guanidine groups is 1. The van der Waals surface area contributed by atoms with Crippen LogP contribution in [0.25, 0.3) is 16.7 Å². The fourth-order valence-corrected chi connectivity index (χ4v) is 3.47. The van der Waals surface area contributed by atoms with E-state index in [1.807, 2.05) is 41.3 Å². The summed E-state index contributed by atoms with van der Waals surface area (Å²) in [6, 6.07) is 16.1. The molecule has 0 radical (unpaired) electrons. The van der Waals surface area contributed by atoms with Crippen molar-refractivity contribution in [3.63, 3.8) is 0 Å². The van der Waals surface area contributed by atoms with Gasteiger partial charge in [-0.25, -0.2) is 4.39 Å². The van der Waals surface area contributed by atoms with E-state index in [2.05, 4.69) is 16.7 Å². The fraction of sp³-hybridized carbons (Fsp3) is 0.217. The lowest BCUT2D eigenvalue weighted by Gasteiger charge is -2.27. The molecule has 3 aromatic rings. The molecule has 1 aliphatic heterocycles. The number of nitrogens with zero attached hydrogens (tertiary/aromatic N) is 3. The molecule has 0 bridgehead atoms. The molecule has 0 saturated carbocycles. The molecule has 5 nitrogen and oxygen atoms in total. The smallest absolute Gasteiger partial charge is 0.199 e. The normalized spacial score (nSPS) is 14.8. The molecule has 1 aliphatic rings. The number of rotatable bonds is 4. The molecule has 2 N–H and O–H groups in total. The Morgan fingerprint density at radius 1 is 1.07 bits per heavy atom. The van der Waals surface area contributed by atoms with Crippen LogP contribution in [0, 0.1) is 5.82 Å². The zero-order chi connectivity index (χ0) is 20.2. The van der Waals surface area contributed by atoms with Crippen molar-refractivity contribution in [2.45, 2.75) is 19.3 Å². The lowest BCUT2D eigenvalue weighted by atomic mass is 9.99. The van der Waals surface area contributed by atoms with Crippen LogP contribution in [0.2, 0.25) is 0 Å². The Morgan fingerprint density at radius 2 is 1.83 bits per heavy atom. The minimum absolute atomic E-state index is 0.318. The van der Waals surface area contributed by atoms with Gasteiger partial charge in [0.2, 0.25) is 0 Å². The highest BCUT2D eigenvalue weighted by Gasteiger charge is 2.15. The molecular formula is C23H23FN4O. The highest BCUT2D eigenvalue weighted by molar-refractivity contribution is 5.82. The second kappa shape index (κ2) is 8.31. The summed E-state index contributed by atoms with van der Waals surface area (Å²) in [5.41, 5.74) is 8.62. The van der Waals surface area contributed by atoms with Crippen LogP contribution in [0.5, 0.6) is 0 Å². The molecule has 0 atom stereocenters. The average molecular weight is 390 g/mol. The molecule has 1 fully saturated rings. The molecule has 0 spiro atoms. The Morgan fingerprint density at radius 3 is 2.55 bits per heavy atom. The summed E-state index contributed by atoms with van der Waals surface area (Å²) in [6.07, 6.45) is 3.45. The number of piperidine rings is 1. The summed E-state index contributed by atoms with van der Waals surface area (Å²) in [6.45, 7) is 5.84. The van der Waals surface area contributed by atoms with Crippen LogP contribution in [-0.4, -0.2) is 29.1 Å². The summed E-state index contributed by atoms with van der Waals surface area (Å²) in [4.78, 5) is 6.40. The van der Waals surface area contributed by atoms with Crippen molar-refractivity contribution in [3.05, 3.63) is 78.3 Å². The van der Waals surface area contributed by atoms with Crippen LogP contribution in [0.3, 0.4) is 0 Å². The molecule has 6 heteroatoms. The Bertz CT molecular complexity index is 1040. The second-order valence-corrected chi connectivity index (χ2v) is 7.11. The first-order chi connectivity index (χ1) is 14.1. The SMILES string of the molecule is C=C(c1ccc(-c2ccccc2)c(F)c1)c1cc(N=C(N)N2CCCCC2)no1. The monoisotopic (exact) mass is 390 g/mol. The summed E-state index contributed by atoms with van der Waals surface area (Å²) in [7, 11) is 0. The number of benzene rings is 2. The average Bonchev–Trinajstić information content (AvgIpc) is 3.23. The maximum absolute atomic E-state index is 14.7. The van der Waals surface area contributed by atoms with E-state index in [9.17, 15) is 4.39 Å². The number of aromatic nitrogens is 1. The van der Waals surface area contributed by atoms with Gasteiger partial charge in [-0.3, -0.25) is 0 Å². The first-order valence-corrected chi connectivity index (χ1v) is 9.72. The predicted octanol–water partition coefficient (Wildman–Crippen LogP) is 4.97. The Hall–Kier alpha value is -3.41. The third kappa shape index (κ3) is 4.21. The number of aliphatic imine (C=N–C) groups is 1. The van der Waals surface area contributed by atoms with Crippen molar-refractivity contribution in [1.29, 1.82) is 0 Å². The number of nitrogens with two attached hydrogens (primary N) is 1. The van der Waals surface area contributed by atoms with Gasteiger partial charge in [0.05, 0.1) is 0 Å². The van der Waals surface area contributed by atoms with E-state index in [1.165, 1.54) is 12.5 Å². The molecule has 2 heterocycles. The molecule has 0 unspecified atom stereocenters. The summed E-state index contributed by atoms with van der Waals surface area (Å²) in [5.74, 6) is 0.933. The lowest BCUT2D eigenvalue weighted by Crippen LogP contribution is -2.40. The molecule has 2 aromatic carbocycles. The van der Waals surface area contributed by atoms with E-state index in [0.29, 0.717) is 34.2 Å². The van der Waals surface area contributed by atoms with Crippen molar-refractivity contribution in [2.75, 3.05) is 13.1 Å². The number of likely N-dealkylation sites (tertiary alicyclic amines) is 1. The highest BCUT2D eigenvalue weighted by atomic mass is 19.1. The topological polar surface area (TPSA) is 67.7 Å². The first-order valence-electron chi connectivity index (χ1n) is 9.72. The van der Waals surface area contributed by atoms with Gasteiger partial charge in [0.1, 0.15) is 5.82 Å². The largest absolute Gasteiger partial charge is 0.369 e. The van der Waals surface area contributed by atoms with Gasteiger partial charge in [0.25, 0.3) is 0 Å². The lowest BCUT2D eigenvalue weighted by molar-refractivity contribution is 0.339. The molecule has 0 aliphatic carbocycles. The molecule has 0 amide bonds. The van der Waals surface area contributed by atoms with E-state index in [1.54, 1.807) is 12.1 Å². The van der Waals surface area contributed by atoms with Crippen molar-refractivity contribution in [1.82, 2.24) is 10.1 Å².